The van der Waals surface area contributed by atoms with Gasteiger partial charge in [-0.1, -0.05) is 13.2 Å². The van der Waals surface area contributed by atoms with Gasteiger partial charge in [-0.25, -0.2) is 9.98 Å². The molecule has 88 valence electrons. The molecule has 0 fully saturated rings. The van der Waals surface area contributed by atoms with Crippen molar-refractivity contribution in [1.29, 1.82) is 0 Å². The first-order valence-electron chi connectivity index (χ1n) is 5.27. The third kappa shape index (κ3) is 3.88. The molecule has 16 heavy (non-hydrogen) atoms. The van der Waals surface area contributed by atoms with Crippen molar-refractivity contribution >= 4 is 11.8 Å². The lowest BCUT2D eigenvalue weighted by Gasteiger charge is -1.95. The van der Waals surface area contributed by atoms with Crippen molar-refractivity contribution in [2.75, 3.05) is 26.3 Å². The van der Waals surface area contributed by atoms with Gasteiger partial charge in [-0.05, 0) is 13.8 Å². The molecule has 2 rings (SSSR count). The van der Waals surface area contributed by atoms with E-state index in [1.807, 2.05) is 13.8 Å². The molecule has 0 aromatic heterocycles. The van der Waals surface area contributed by atoms with Crippen LogP contribution >= 0.6 is 0 Å². The third-order valence-corrected chi connectivity index (χ3v) is 1.90. The molecule has 0 aliphatic carbocycles. The Morgan fingerprint density at radius 1 is 0.938 bits per heavy atom. The van der Waals surface area contributed by atoms with Crippen LogP contribution in [0, 0.1) is 0 Å². The Morgan fingerprint density at radius 2 is 1.31 bits per heavy atom. The molecule has 0 atom stereocenters. The van der Waals surface area contributed by atoms with Gasteiger partial charge in [0.15, 0.2) is 0 Å². The second-order valence-corrected chi connectivity index (χ2v) is 3.63. The molecule has 2 aliphatic heterocycles. The van der Waals surface area contributed by atoms with Crippen molar-refractivity contribution in [2.45, 2.75) is 13.8 Å². The second kappa shape index (κ2) is 6.10. The molecule has 0 N–H and O–H groups in total. The molecule has 2 aliphatic rings. The van der Waals surface area contributed by atoms with E-state index >= 15 is 0 Å². The third-order valence-electron chi connectivity index (χ3n) is 1.90. The van der Waals surface area contributed by atoms with Gasteiger partial charge in [0.05, 0.1) is 13.1 Å². The second-order valence-electron chi connectivity index (χ2n) is 3.63. The fourth-order valence-corrected chi connectivity index (χ4v) is 1.19. The summed E-state index contributed by atoms with van der Waals surface area (Å²) in [6, 6.07) is 0. The Hall–Kier alpha value is -1.58. The summed E-state index contributed by atoms with van der Waals surface area (Å²) >= 11 is 0. The van der Waals surface area contributed by atoms with E-state index in [-0.39, 0.29) is 0 Å². The molecule has 0 radical (unpaired) electrons. The fourth-order valence-electron chi connectivity index (χ4n) is 1.19. The monoisotopic (exact) mass is 222 g/mol. The predicted molar refractivity (Wildman–Crippen MR) is 66.1 cm³/mol. The number of aliphatic imine (C=N–C) groups is 2. The van der Waals surface area contributed by atoms with E-state index in [2.05, 4.69) is 23.1 Å². The van der Waals surface area contributed by atoms with Crippen molar-refractivity contribution in [3.63, 3.8) is 0 Å². The summed E-state index contributed by atoms with van der Waals surface area (Å²) in [5.41, 5.74) is 1.84. The predicted octanol–water partition coefficient (Wildman–Crippen LogP) is 1.98. The molecule has 0 amide bonds. The quantitative estimate of drug-likeness (QED) is 0.717. The standard InChI is InChI=1S/2C6H9NO/c2*1-5(2)6-7-3-4-8-6/h2*1,3-4H2,2H3. The fraction of sp³-hybridized carbons (Fsp3) is 0.500. The molecule has 0 saturated carbocycles. The summed E-state index contributed by atoms with van der Waals surface area (Å²) in [5.74, 6) is 1.45. The van der Waals surface area contributed by atoms with E-state index in [1.165, 1.54) is 0 Å². The minimum atomic E-state index is 0.724. The van der Waals surface area contributed by atoms with Gasteiger partial charge in [-0.15, -0.1) is 0 Å². The Kier molecular flexibility index (Phi) is 4.76. The number of nitrogens with zero attached hydrogens (tertiary/aromatic N) is 2. The highest BCUT2D eigenvalue weighted by Crippen LogP contribution is 2.01. The molecule has 4 nitrogen and oxygen atoms in total. The number of ether oxygens (including phenoxy) is 2. The lowest BCUT2D eigenvalue weighted by atomic mass is 10.4. The largest absolute Gasteiger partial charge is 0.476 e. The van der Waals surface area contributed by atoms with Crippen LogP contribution in [0.1, 0.15) is 13.8 Å². The van der Waals surface area contributed by atoms with Gasteiger partial charge in [0.2, 0.25) is 11.8 Å². The van der Waals surface area contributed by atoms with Crippen molar-refractivity contribution in [1.82, 2.24) is 0 Å². The maximum atomic E-state index is 5.06. The topological polar surface area (TPSA) is 43.2 Å². The first-order chi connectivity index (χ1) is 7.61. The van der Waals surface area contributed by atoms with Crippen LogP contribution in [0.5, 0.6) is 0 Å². The van der Waals surface area contributed by atoms with Crippen LogP contribution in [0.4, 0.5) is 0 Å². The van der Waals surface area contributed by atoms with E-state index in [0.29, 0.717) is 0 Å². The molecule has 4 heteroatoms. The van der Waals surface area contributed by atoms with Crippen LogP contribution in [0.25, 0.3) is 0 Å². The van der Waals surface area contributed by atoms with Crippen molar-refractivity contribution in [3.8, 4) is 0 Å². The number of rotatable bonds is 2. The van der Waals surface area contributed by atoms with Crippen molar-refractivity contribution in [2.24, 2.45) is 9.98 Å². The van der Waals surface area contributed by atoms with E-state index in [9.17, 15) is 0 Å². The van der Waals surface area contributed by atoms with Gasteiger partial charge in [0.25, 0.3) is 0 Å². The van der Waals surface area contributed by atoms with Crippen LogP contribution in [0.3, 0.4) is 0 Å². The van der Waals surface area contributed by atoms with Gasteiger partial charge in [-0.3, -0.25) is 0 Å². The maximum absolute atomic E-state index is 5.06. The normalized spacial score (nSPS) is 17.4. The summed E-state index contributed by atoms with van der Waals surface area (Å²) in [4.78, 5) is 8.06. The van der Waals surface area contributed by atoms with E-state index in [1.54, 1.807) is 0 Å². The molecule has 0 unspecified atom stereocenters. The van der Waals surface area contributed by atoms with Gasteiger partial charge in [-0.2, -0.15) is 0 Å². The zero-order chi connectivity index (χ0) is 12.0. The van der Waals surface area contributed by atoms with E-state index in [0.717, 1.165) is 49.2 Å². The molecule has 0 aromatic rings. The van der Waals surface area contributed by atoms with Crippen LogP contribution in [-0.2, 0) is 9.47 Å². The highest BCUT2D eigenvalue weighted by molar-refractivity contribution is 5.93. The summed E-state index contributed by atoms with van der Waals surface area (Å²) in [5, 5.41) is 0. The highest BCUT2D eigenvalue weighted by atomic mass is 16.5. The van der Waals surface area contributed by atoms with E-state index in [4.69, 9.17) is 9.47 Å². The summed E-state index contributed by atoms with van der Waals surface area (Å²) in [6.07, 6.45) is 0. The first-order valence-corrected chi connectivity index (χ1v) is 5.27. The average molecular weight is 222 g/mol. The molecule has 2 heterocycles. The number of hydrogen-bond donors (Lipinski definition) is 0. The minimum Gasteiger partial charge on any atom is -0.476 e. The van der Waals surface area contributed by atoms with Gasteiger partial charge >= 0.3 is 0 Å². The van der Waals surface area contributed by atoms with Gasteiger partial charge < -0.3 is 9.47 Å². The summed E-state index contributed by atoms with van der Waals surface area (Å²) < 4.78 is 10.1. The minimum absolute atomic E-state index is 0.724. The maximum Gasteiger partial charge on any atom is 0.211 e. The van der Waals surface area contributed by atoms with E-state index < -0.39 is 0 Å². The Morgan fingerprint density at radius 3 is 1.44 bits per heavy atom. The summed E-state index contributed by atoms with van der Waals surface area (Å²) in [6.45, 7) is 14.2. The van der Waals surface area contributed by atoms with Crippen LogP contribution in [0.15, 0.2) is 34.3 Å². The zero-order valence-electron chi connectivity index (χ0n) is 9.95. The highest BCUT2D eigenvalue weighted by Gasteiger charge is 2.06. The molecule has 0 saturated heterocycles. The first kappa shape index (κ1) is 12.5. The average Bonchev–Trinajstić information content (AvgIpc) is 2.93. The number of hydrogen-bond acceptors (Lipinski definition) is 4. The molecular formula is C12H18N2O2. The van der Waals surface area contributed by atoms with Crippen molar-refractivity contribution in [3.05, 3.63) is 24.3 Å². The molecule has 0 spiro atoms. The summed E-state index contributed by atoms with van der Waals surface area (Å²) in [7, 11) is 0. The molecule has 0 aromatic carbocycles. The van der Waals surface area contributed by atoms with Crippen LogP contribution in [-0.4, -0.2) is 38.1 Å². The van der Waals surface area contributed by atoms with Gasteiger partial charge in [0, 0.05) is 11.1 Å². The Balaban J connectivity index is 0.000000160. The molecular weight excluding hydrogens is 204 g/mol. The van der Waals surface area contributed by atoms with Crippen molar-refractivity contribution < 1.29 is 9.47 Å². The lowest BCUT2D eigenvalue weighted by molar-refractivity contribution is 0.347. The Labute approximate surface area is 96.4 Å². The van der Waals surface area contributed by atoms with Crippen LogP contribution < -0.4 is 0 Å². The smallest absolute Gasteiger partial charge is 0.211 e. The Bertz CT molecular complexity index is 309. The lowest BCUT2D eigenvalue weighted by Crippen LogP contribution is -1.97. The SMILES string of the molecule is C=C(C)C1=NCCO1.C=C(C)C1=NCCO1. The van der Waals surface area contributed by atoms with Crippen LogP contribution in [0.2, 0.25) is 0 Å². The van der Waals surface area contributed by atoms with Gasteiger partial charge in [0.1, 0.15) is 13.2 Å². The molecule has 0 bridgehead atoms. The zero-order valence-corrected chi connectivity index (χ0v) is 9.95.